The predicted octanol–water partition coefficient (Wildman–Crippen LogP) is 5.10. The molecule has 1 atom stereocenters. The molecule has 0 spiro atoms. The number of hydrazone groups is 1. The van der Waals surface area contributed by atoms with Gasteiger partial charge in [0, 0.05) is 33.1 Å². The molecule has 5 rings (SSSR count). The first-order chi connectivity index (χ1) is 22.6. The maximum atomic E-state index is 13.1. The second kappa shape index (κ2) is 14.9. The summed E-state index contributed by atoms with van der Waals surface area (Å²) in [4.78, 5) is 39.9. The van der Waals surface area contributed by atoms with Crippen molar-refractivity contribution in [1.82, 2.24) is 20.6 Å². The Kier molecular flexibility index (Phi) is 10.8. The van der Waals surface area contributed by atoms with Gasteiger partial charge in [0.15, 0.2) is 11.7 Å². The van der Waals surface area contributed by atoms with Gasteiger partial charge in [-0.2, -0.15) is 5.10 Å². The topological polar surface area (TPSA) is 132 Å². The van der Waals surface area contributed by atoms with Crippen LogP contribution < -0.4 is 20.8 Å². The highest BCUT2D eigenvalue weighted by Gasteiger charge is 2.33. The van der Waals surface area contributed by atoms with Gasteiger partial charge >= 0.3 is 11.9 Å². The summed E-state index contributed by atoms with van der Waals surface area (Å²) in [6.07, 6.45) is 5.59. The maximum absolute atomic E-state index is 13.1. The van der Waals surface area contributed by atoms with E-state index in [4.69, 9.17) is 26.4 Å². The quantitative estimate of drug-likeness (QED) is 0.110. The van der Waals surface area contributed by atoms with Crippen LogP contribution in [0.3, 0.4) is 0 Å². The van der Waals surface area contributed by atoms with Crippen molar-refractivity contribution in [2.45, 2.75) is 66.3 Å². The third-order valence-corrected chi connectivity index (χ3v) is 9.55. The Hall–Kier alpha value is -4.49. The summed E-state index contributed by atoms with van der Waals surface area (Å²) in [5.41, 5.74) is 8.51. The van der Waals surface area contributed by atoms with Crippen molar-refractivity contribution in [2.24, 2.45) is 5.10 Å². The number of para-hydroxylation sites is 1. The number of rotatable bonds is 11. The van der Waals surface area contributed by atoms with Crippen LogP contribution in [0, 0.1) is 13.8 Å². The number of thiophene rings is 1. The van der Waals surface area contributed by atoms with E-state index in [0.717, 1.165) is 53.2 Å². The van der Waals surface area contributed by atoms with Crippen molar-refractivity contribution < 1.29 is 28.6 Å². The molecule has 0 bridgehead atoms. The third-order valence-electron chi connectivity index (χ3n) is 8.05. The Morgan fingerprint density at radius 3 is 2.57 bits per heavy atom. The van der Waals surface area contributed by atoms with E-state index in [2.05, 4.69) is 25.7 Å². The fraction of sp³-hybridized carbons (Fsp3) is 0.382. The Labute approximate surface area is 283 Å². The van der Waals surface area contributed by atoms with Crippen LogP contribution in [0.1, 0.15) is 83.0 Å². The average Bonchev–Trinajstić information content (AvgIpc) is 3.55. The summed E-state index contributed by atoms with van der Waals surface area (Å²) in [5.74, 6) is -0.829. The first kappa shape index (κ1) is 33.9. The van der Waals surface area contributed by atoms with Crippen molar-refractivity contribution in [3.8, 4) is 10.8 Å². The fourth-order valence-corrected chi connectivity index (χ4v) is 7.72. The van der Waals surface area contributed by atoms with Gasteiger partial charge in [0.25, 0.3) is 5.91 Å². The monoisotopic (exact) mass is 677 g/mol. The van der Waals surface area contributed by atoms with E-state index in [0.29, 0.717) is 39.9 Å². The van der Waals surface area contributed by atoms with Crippen LogP contribution in [0.25, 0.3) is 5.00 Å². The normalized spacial score (nSPS) is 15.9. The van der Waals surface area contributed by atoms with E-state index < -0.39 is 17.9 Å². The predicted molar refractivity (Wildman–Crippen MR) is 184 cm³/mol. The number of thiocarbonyl (C=S) groups is 1. The molecule has 1 aliphatic heterocycles. The molecule has 13 heteroatoms. The zero-order chi connectivity index (χ0) is 33.7. The van der Waals surface area contributed by atoms with Crippen LogP contribution >= 0.6 is 23.6 Å². The lowest BCUT2D eigenvalue weighted by atomic mass is 9.95. The molecule has 1 aromatic carbocycles. The number of ether oxygens (including phenoxy) is 3. The Bertz CT molecular complexity index is 1770. The van der Waals surface area contributed by atoms with Gasteiger partial charge in [-0.25, -0.2) is 15.0 Å². The minimum Gasteiger partial charge on any atom is -0.483 e. The molecular weight excluding hydrogens is 639 g/mol. The van der Waals surface area contributed by atoms with Crippen molar-refractivity contribution in [2.75, 3.05) is 19.8 Å². The van der Waals surface area contributed by atoms with Crippen molar-refractivity contribution >= 4 is 52.7 Å². The number of carbonyl (C=O) groups is 3. The molecule has 0 unspecified atom stereocenters. The molecule has 2 aliphatic rings. The van der Waals surface area contributed by atoms with Crippen molar-refractivity contribution in [1.29, 1.82) is 0 Å². The van der Waals surface area contributed by atoms with Gasteiger partial charge in [0.2, 0.25) is 0 Å². The van der Waals surface area contributed by atoms with Crippen molar-refractivity contribution in [3.05, 3.63) is 80.1 Å². The van der Waals surface area contributed by atoms with Gasteiger partial charge in [0.05, 0.1) is 36.6 Å². The molecule has 0 saturated heterocycles. The molecule has 2 aromatic heterocycles. The SMILES string of the molecule is CCOC(=O)C1=C(C)NC(=S)N[C@H]1c1ccccc1OCC(=O)NN=Cc1cc(C)n(-c2sc3c(c2C(=O)OCC)CCCC3)c1C. The van der Waals surface area contributed by atoms with Gasteiger partial charge in [-0.1, -0.05) is 18.2 Å². The van der Waals surface area contributed by atoms with Gasteiger partial charge in [-0.15, -0.1) is 11.3 Å². The fourth-order valence-electron chi connectivity index (χ4n) is 5.96. The summed E-state index contributed by atoms with van der Waals surface area (Å²) >= 11 is 6.99. The highest BCUT2D eigenvalue weighted by atomic mass is 32.1. The van der Waals surface area contributed by atoms with E-state index >= 15 is 0 Å². The Balaban J connectivity index is 1.30. The van der Waals surface area contributed by atoms with Crippen LogP contribution in [-0.2, 0) is 31.9 Å². The zero-order valence-corrected chi connectivity index (χ0v) is 28.8. The second-order valence-corrected chi connectivity index (χ2v) is 12.7. The minimum absolute atomic E-state index is 0.222. The number of aromatic nitrogens is 1. The molecule has 3 aromatic rings. The number of amides is 1. The van der Waals surface area contributed by atoms with Gasteiger partial charge in [0.1, 0.15) is 10.8 Å². The van der Waals surface area contributed by atoms with Gasteiger partial charge in [-0.3, -0.25) is 4.79 Å². The van der Waals surface area contributed by atoms with Crippen LogP contribution in [0.2, 0.25) is 0 Å². The number of fused-ring (bicyclic) bond motifs is 1. The maximum Gasteiger partial charge on any atom is 0.341 e. The summed E-state index contributed by atoms with van der Waals surface area (Å²) in [6.45, 7) is 9.48. The molecule has 1 amide bonds. The molecule has 3 N–H and O–H groups in total. The molecule has 1 aliphatic carbocycles. The summed E-state index contributed by atoms with van der Waals surface area (Å²) in [5, 5.41) is 11.5. The van der Waals surface area contributed by atoms with E-state index in [1.165, 1.54) is 4.88 Å². The Morgan fingerprint density at radius 2 is 1.81 bits per heavy atom. The molecule has 3 heterocycles. The summed E-state index contributed by atoms with van der Waals surface area (Å²) < 4.78 is 18.7. The Morgan fingerprint density at radius 1 is 1.09 bits per heavy atom. The molecule has 0 saturated carbocycles. The number of benzene rings is 1. The molecular formula is C34H39N5O6S2. The van der Waals surface area contributed by atoms with E-state index in [1.807, 2.05) is 32.9 Å². The first-order valence-electron chi connectivity index (χ1n) is 15.6. The van der Waals surface area contributed by atoms with Crippen LogP contribution in [0.5, 0.6) is 5.75 Å². The molecule has 0 fully saturated rings. The summed E-state index contributed by atoms with van der Waals surface area (Å²) in [7, 11) is 0. The van der Waals surface area contributed by atoms with Crippen LogP contribution in [0.4, 0.5) is 0 Å². The van der Waals surface area contributed by atoms with Crippen LogP contribution in [-0.4, -0.2) is 53.6 Å². The zero-order valence-electron chi connectivity index (χ0n) is 27.2. The highest BCUT2D eigenvalue weighted by Crippen LogP contribution is 2.39. The van der Waals surface area contributed by atoms with E-state index in [1.54, 1.807) is 49.6 Å². The summed E-state index contributed by atoms with van der Waals surface area (Å²) in [6, 6.07) is 8.46. The number of allylic oxidation sites excluding steroid dienone is 1. The number of hydrogen-bond donors (Lipinski definition) is 3. The number of hydrogen-bond acceptors (Lipinski definition) is 9. The number of esters is 2. The smallest absolute Gasteiger partial charge is 0.341 e. The molecule has 248 valence electrons. The standard InChI is InChI=1S/C34H39N5O6S2/c1-6-43-32(41)28-20(4)36-34(46)37-30(28)23-12-8-10-14-25(23)45-18-27(40)38-35-17-22-16-19(3)39(21(22)5)31-29(33(42)44-7-2)24-13-9-11-15-26(24)47-31/h8,10,12,14,16-17,30H,6-7,9,11,13,15,18H2,1-5H3,(H,38,40)(H2,36,37,46)/t30-/m0/s1. The van der Waals surface area contributed by atoms with E-state index in [-0.39, 0.29) is 19.2 Å². The lowest BCUT2D eigenvalue weighted by Gasteiger charge is -2.30. The van der Waals surface area contributed by atoms with E-state index in [9.17, 15) is 14.4 Å². The number of nitrogens with zero attached hydrogens (tertiary/aromatic N) is 2. The average molecular weight is 678 g/mol. The minimum atomic E-state index is -0.631. The lowest BCUT2D eigenvalue weighted by Crippen LogP contribution is -2.45. The van der Waals surface area contributed by atoms with Crippen LogP contribution in [0.15, 0.2) is 46.7 Å². The first-order valence-corrected chi connectivity index (χ1v) is 16.9. The van der Waals surface area contributed by atoms with Gasteiger partial charge < -0.3 is 29.4 Å². The van der Waals surface area contributed by atoms with Gasteiger partial charge in [-0.05, 0) is 90.2 Å². The number of carbonyl (C=O) groups excluding carboxylic acids is 3. The highest BCUT2D eigenvalue weighted by molar-refractivity contribution is 7.80. The molecule has 47 heavy (non-hydrogen) atoms. The molecule has 11 nitrogen and oxygen atoms in total. The second-order valence-electron chi connectivity index (χ2n) is 11.2. The van der Waals surface area contributed by atoms with Crippen molar-refractivity contribution in [3.63, 3.8) is 0 Å². The lowest BCUT2D eigenvalue weighted by molar-refractivity contribution is -0.139. The largest absolute Gasteiger partial charge is 0.483 e. The number of nitrogens with one attached hydrogen (secondary N) is 3. The molecule has 0 radical (unpaired) electrons. The number of aryl methyl sites for hydroxylation is 2. The third kappa shape index (κ3) is 7.25.